The molecule has 4 heterocycles. The van der Waals surface area contributed by atoms with Crippen molar-refractivity contribution in [2.24, 2.45) is 0 Å². The van der Waals surface area contributed by atoms with Crippen LogP contribution in [0.5, 0.6) is 0 Å². The van der Waals surface area contributed by atoms with E-state index in [-0.39, 0.29) is 17.3 Å². The standard InChI is InChI=1S/C19H16N6O2/c1-9-14(11(3)26)15(13-6-5-7-20-8-13)16-18(21-9)24-25-10(2)17(12(4)27)22-23-19(16)25/h5-8H,1-4H3. The van der Waals surface area contributed by atoms with Crippen LogP contribution in [0.2, 0.25) is 0 Å². The number of Topliss-reactive ketones (excluding diaryl/α,β-unsaturated/α-hetero) is 2. The third-order valence-electron chi connectivity index (χ3n) is 4.52. The zero-order chi connectivity index (χ0) is 19.3. The number of ketones is 2. The second-order valence-electron chi connectivity index (χ2n) is 6.37. The molecule has 0 radical (unpaired) electrons. The van der Waals surface area contributed by atoms with Crippen LogP contribution in [0, 0.1) is 13.8 Å². The molecule has 0 saturated heterocycles. The zero-order valence-electron chi connectivity index (χ0n) is 15.3. The van der Waals surface area contributed by atoms with E-state index in [2.05, 4.69) is 25.3 Å². The number of fused-ring (bicyclic) bond motifs is 3. The maximum absolute atomic E-state index is 12.4. The lowest BCUT2D eigenvalue weighted by atomic mass is 9.95. The van der Waals surface area contributed by atoms with Gasteiger partial charge in [0.25, 0.3) is 0 Å². The average Bonchev–Trinajstić information content (AvgIpc) is 3.00. The third kappa shape index (κ3) is 2.49. The summed E-state index contributed by atoms with van der Waals surface area (Å²) in [6, 6.07) is 3.68. The molecule has 0 saturated carbocycles. The molecule has 0 aliphatic rings. The Bertz CT molecular complexity index is 1240. The highest BCUT2D eigenvalue weighted by Crippen LogP contribution is 2.35. The fourth-order valence-electron chi connectivity index (χ4n) is 3.37. The van der Waals surface area contributed by atoms with Gasteiger partial charge in [-0.15, -0.1) is 15.3 Å². The highest BCUT2D eigenvalue weighted by molar-refractivity contribution is 6.13. The van der Waals surface area contributed by atoms with Gasteiger partial charge in [-0.25, -0.2) is 9.50 Å². The first-order valence-corrected chi connectivity index (χ1v) is 8.38. The van der Waals surface area contributed by atoms with Crippen LogP contribution in [0.15, 0.2) is 24.5 Å². The minimum atomic E-state index is -0.192. The highest BCUT2D eigenvalue weighted by atomic mass is 16.1. The van der Waals surface area contributed by atoms with Gasteiger partial charge in [-0.1, -0.05) is 6.07 Å². The molecule has 0 aliphatic carbocycles. The van der Waals surface area contributed by atoms with Crippen LogP contribution in [0.4, 0.5) is 0 Å². The Morgan fingerprint density at radius 3 is 2.48 bits per heavy atom. The first kappa shape index (κ1) is 16.9. The minimum absolute atomic E-state index is 0.106. The summed E-state index contributed by atoms with van der Waals surface area (Å²) < 4.78 is 1.56. The molecule has 27 heavy (non-hydrogen) atoms. The van der Waals surface area contributed by atoms with Gasteiger partial charge in [0.1, 0.15) is 5.69 Å². The fourth-order valence-corrected chi connectivity index (χ4v) is 3.37. The largest absolute Gasteiger partial charge is 0.294 e. The van der Waals surface area contributed by atoms with Crippen LogP contribution in [-0.4, -0.2) is 41.3 Å². The lowest BCUT2D eigenvalue weighted by Crippen LogP contribution is -2.08. The first-order valence-electron chi connectivity index (χ1n) is 8.38. The highest BCUT2D eigenvalue weighted by Gasteiger charge is 2.24. The number of carbonyl (C=O) groups excluding carboxylic acids is 2. The van der Waals surface area contributed by atoms with E-state index >= 15 is 0 Å². The van der Waals surface area contributed by atoms with Crippen molar-refractivity contribution >= 4 is 28.2 Å². The maximum atomic E-state index is 12.4. The summed E-state index contributed by atoms with van der Waals surface area (Å²) >= 11 is 0. The van der Waals surface area contributed by atoms with Gasteiger partial charge in [0.15, 0.2) is 22.9 Å². The topological polar surface area (TPSA) is 103 Å². The number of rotatable bonds is 3. The van der Waals surface area contributed by atoms with Gasteiger partial charge < -0.3 is 0 Å². The monoisotopic (exact) mass is 360 g/mol. The Balaban J connectivity index is 2.24. The molecule has 0 aromatic carbocycles. The van der Waals surface area contributed by atoms with Crippen molar-refractivity contribution in [1.82, 2.24) is 29.8 Å². The van der Waals surface area contributed by atoms with Gasteiger partial charge in [0.2, 0.25) is 0 Å². The van der Waals surface area contributed by atoms with E-state index in [0.717, 1.165) is 5.56 Å². The summed E-state index contributed by atoms with van der Waals surface area (Å²) in [7, 11) is 0. The number of nitrogens with zero attached hydrogens (tertiary/aromatic N) is 6. The molecular formula is C19H16N6O2. The Morgan fingerprint density at radius 1 is 1.07 bits per heavy atom. The second kappa shape index (κ2) is 6.01. The van der Waals surface area contributed by atoms with E-state index in [1.165, 1.54) is 13.8 Å². The third-order valence-corrected chi connectivity index (χ3v) is 4.52. The minimum Gasteiger partial charge on any atom is -0.294 e. The van der Waals surface area contributed by atoms with Crippen molar-refractivity contribution in [3.05, 3.63) is 47.2 Å². The van der Waals surface area contributed by atoms with Gasteiger partial charge >= 0.3 is 0 Å². The van der Waals surface area contributed by atoms with Crippen LogP contribution < -0.4 is 0 Å². The van der Waals surface area contributed by atoms with Crippen molar-refractivity contribution in [2.75, 3.05) is 0 Å². The molecule has 0 N–H and O–H groups in total. The molecule has 0 spiro atoms. The lowest BCUT2D eigenvalue weighted by molar-refractivity contribution is 0.100. The Kier molecular flexibility index (Phi) is 3.76. The van der Waals surface area contributed by atoms with Crippen molar-refractivity contribution in [3.63, 3.8) is 0 Å². The van der Waals surface area contributed by atoms with Crippen molar-refractivity contribution in [3.8, 4) is 11.1 Å². The molecule has 4 aromatic heterocycles. The van der Waals surface area contributed by atoms with Crippen LogP contribution >= 0.6 is 0 Å². The summed E-state index contributed by atoms with van der Waals surface area (Å²) in [6.45, 7) is 6.47. The van der Waals surface area contributed by atoms with Gasteiger partial charge in [-0.2, -0.15) is 0 Å². The van der Waals surface area contributed by atoms with Gasteiger partial charge in [0, 0.05) is 36.0 Å². The predicted octanol–water partition coefficient (Wildman–Crippen LogP) is 2.76. The molecular weight excluding hydrogens is 344 g/mol. The molecule has 0 fully saturated rings. The van der Waals surface area contributed by atoms with Crippen LogP contribution in [-0.2, 0) is 0 Å². The lowest BCUT2D eigenvalue weighted by Gasteiger charge is -2.11. The van der Waals surface area contributed by atoms with Crippen molar-refractivity contribution in [1.29, 1.82) is 0 Å². The number of aromatic nitrogens is 6. The van der Waals surface area contributed by atoms with Gasteiger partial charge in [0.05, 0.1) is 16.8 Å². The Hall–Kier alpha value is -3.55. The second-order valence-corrected chi connectivity index (χ2v) is 6.37. The SMILES string of the molecule is CC(=O)c1nnc2c3c(-c4cccnc4)c(C(C)=O)c(C)nc3nn2c1C. The van der Waals surface area contributed by atoms with E-state index in [4.69, 9.17) is 0 Å². The fraction of sp³-hybridized carbons (Fsp3) is 0.211. The molecule has 8 nitrogen and oxygen atoms in total. The summed E-state index contributed by atoms with van der Waals surface area (Å²) in [5, 5.41) is 13.4. The summed E-state index contributed by atoms with van der Waals surface area (Å²) in [4.78, 5) is 32.9. The van der Waals surface area contributed by atoms with E-state index in [9.17, 15) is 9.59 Å². The predicted molar refractivity (Wildman–Crippen MR) is 98.8 cm³/mol. The van der Waals surface area contributed by atoms with Crippen LogP contribution in [0.25, 0.3) is 27.8 Å². The van der Waals surface area contributed by atoms with E-state index in [1.54, 1.807) is 36.8 Å². The molecule has 0 atom stereocenters. The average molecular weight is 360 g/mol. The molecule has 4 rings (SSSR count). The van der Waals surface area contributed by atoms with Gasteiger partial charge in [-0.3, -0.25) is 14.6 Å². The smallest absolute Gasteiger partial charge is 0.187 e. The van der Waals surface area contributed by atoms with Crippen molar-refractivity contribution < 1.29 is 9.59 Å². The number of carbonyl (C=O) groups is 2. The first-order chi connectivity index (χ1) is 12.9. The molecule has 4 aromatic rings. The Morgan fingerprint density at radius 2 is 1.85 bits per heavy atom. The van der Waals surface area contributed by atoms with Crippen LogP contribution in [0.1, 0.15) is 46.1 Å². The van der Waals surface area contributed by atoms with E-state index in [0.29, 0.717) is 39.2 Å². The summed E-state index contributed by atoms with van der Waals surface area (Å²) in [5.41, 5.74) is 4.23. The van der Waals surface area contributed by atoms with Crippen molar-refractivity contribution in [2.45, 2.75) is 27.7 Å². The summed E-state index contributed by atoms with van der Waals surface area (Å²) in [5.74, 6) is -0.298. The number of hydrogen-bond donors (Lipinski definition) is 0. The van der Waals surface area contributed by atoms with Gasteiger partial charge in [-0.05, 0) is 26.8 Å². The molecule has 0 bridgehead atoms. The normalized spacial score (nSPS) is 11.3. The van der Waals surface area contributed by atoms with Crippen LogP contribution in [0.3, 0.4) is 0 Å². The maximum Gasteiger partial charge on any atom is 0.187 e. The Labute approximate surface area is 154 Å². The number of hydrogen-bond acceptors (Lipinski definition) is 7. The molecule has 8 heteroatoms. The van der Waals surface area contributed by atoms with E-state index in [1.807, 2.05) is 6.07 Å². The molecule has 134 valence electrons. The number of aryl methyl sites for hydroxylation is 2. The molecule has 0 unspecified atom stereocenters. The summed E-state index contributed by atoms with van der Waals surface area (Å²) in [6.07, 6.45) is 3.36. The van der Waals surface area contributed by atoms with E-state index < -0.39 is 0 Å². The molecule has 0 aliphatic heterocycles. The zero-order valence-corrected chi connectivity index (χ0v) is 15.3. The number of pyridine rings is 2. The quantitative estimate of drug-likeness (QED) is 0.517. The molecule has 0 amide bonds.